The van der Waals surface area contributed by atoms with E-state index in [1.54, 1.807) is 0 Å². The Morgan fingerprint density at radius 2 is 2.07 bits per heavy atom. The van der Waals surface area contributed by atoms with Gasteiger partial charge in [-0.2, -0.15) is 0 Å². The van der Waals surface area contributed by atoms with Crippen LogP contribution in [0.4, 0.5) is 0 Å². The van der Waals surface area contributed by atoms with Crippen LogP contribution in [0, 0.1) is 12.8 Å². The number of H-pyrrole nitrogens is 1. The molecule has 0 radical (unpaired) electrons. The van der Waals surface area contributed by atoms with Gasteiger partial charge in [-0.25, -0.2) is 0 Å². The molecular formula is C24H27NO4. The zero-order valence-electron chi connectivity index (χ0n) is 16.7. The van der Waals surface area contributed by atoms with Gasteiger partial charge >= 0.3 is 5.97 Å². The first kappa shape index (κ1) is 19.6. The van der Waals surface area contributed by atoms with Crippen molar-refractivity contribution in [3.05, 3.63) is 74.7 Å². The standard InChI is InChI=1S/C24H27NO4/c1-15-12-19(5-2-17(15)6-9-23(26)27)21(13-16-10-11-29-14-16)22-8-7-20(18-3-4-18)24(28)25-22/h2,5,7-8,12-13,16,18H,3-4,6,9-11,14H2,1H3,(H,25,28)(H,26,27)/b21-13+/t16-/m1/s1. The van der Waals surface area contributed by atoms with Gasteiger partial charge in [0, 0.05) is 35.8 Å². The Balaban J connectivity index is 1.69. The van der Waals surface area contributed by atoms with Crippen molar-refractivity contribution in [1.82, 2.24) is 4.98 Å². The van der Waals surface area contributed by atoms with E-state index in [2.05, 4.69) is 17.1 Å². The number of carboxylic acid groups (broad SMARTS) is 1. The second-order valence-corrected chi connectivity index (χ2v) is 8.17. The van der Waals surface area contributed by atoms with Crippen molar-refractivity contribution in [3.63, 3.8) is 0 Å². The van der Waals surface area contributed by atoms with Gasteiger partial charge in [-0.15, -0.1) is 0 Å². The van der Waals surface area contributed by atoms with E-state index in [9.17, 15) is 9.59 Å². The fraction of sp³-hybridized carbons (Fsp3) is 0.417. The first-order valence-corrected chi connectivity index (χ1v) is 10.4. The second-order valence-electron chi connectivity index (χ2n) is 8.17. The van der Waals surface area contributed by atoms with E-state index in [4.69, 9.17) is 9.84 Å². The highest BCUT2D eigenvalue weighted by atomic mass is 16.5. The van der Waals surface area contributed by atoms with Crippen LogP contribution in [0.3, 0.4) is 0 Å². The zero-order chi connectivity index (χ0) is 20.4. The molecule has 1 atom stereocenters. The number of aryl methyl sites for hydroxylation is 2. The number of hydrogen-bond acceptors (Lipinski definition) is 3. The topological polar surface area (TPSA) is 79.4 Å². The van der Waals surface area contributed by atoms with Gasteiger partial charge in [0.25, 0.3) is 5.56 Å². The normalized spacial score (nSPS) is 19.5. The Bertz CT molecular complexity index is 994. The smallest absolute Gasteiger partial charge is 0.303 e. The van der Waals surface area contributed by atoms with E-state index in [1.165, 1.54) is 0 Å². The largest absolute Gasteiger partial charge is 0.481 e. The van der Waals surface area contributed by atoms with E-state index in [-0.39, 0.29) is 12.0 Å². The number of aromatic nitrogens is 1. The van der Waals surface area contributed by atoms with Gasteiger partial charge in [-0.05, 0) is 61.3 Å². The van der Waals surface area contributed by atoms with Crippen molar-refractivity contribution in [3.8, 4) is 0 Å². The average molecular weight is 393 g/mol. The molecule has 1 aromatic carbocycles. The predicted octanol–water partition coefficient (Wildman–Crippen LogP) is 4.05. The van der Waals surface area contributed by atoms with Crippen LogP contribution in [0.5, 0.6) is 0 Å². The highest BCUT2D eigenvalue weighted by Crippen LogP contribution is 2.38. The molecule has 2 N–H and O–H groups in total. The third-order valence-electron chi connectivity index (χ3n) is 5.88. The van der Waals surface area contributed by atoms with Crippen LogP contribution in [-0.2, 0) is 16.0 Å². The Morgan fingerprint density at radius 1 is 1.24 bits per heavy atom. The molecule has 1 saturated carbocycles. The molecule has 0 spiro atoms. The molecular weight excluding hydrogens is 366 g/mol. The van der Waals surface area contributed by atoms with E-state index >= 15 is 0 Å². The van der Waals surface area contributed by atoms with Crippen molar-refractivity contribution in [2.24, 2.45) is 5.92 Å². The summed E-state index contributed by atoms with van der Waals surface area (Å²) in [7, 11) is 0. The molecule has 5 heteroatoms. The fourth-order valence-electron chi connectivity index (χ4n) is 4.00. The second kappa shape index (κ2) is 8.37. The molecule has 2 aromatic rings. The summed E-state index contributed by atoms with van der Waals surface area (Å²) in [5.41, 5.74) is 5.86. The number of ether oxygens (including phenoxy) is 1. The number of nitrogens with one attached hydrogen (secondary N) is 1. The Hall–Kier alpha value is -2.66. The molecule has 0 bridgehead atoms. The molecule has 1 aromatic heterocycles. The summed E-state index contributed by atoms with van der Waals surface area (Å²) in [4.78, 5) is 26.6. The van der Waals surface area contributed by atoms with Gasteiger partial charge in [-0.1, -0.05) is 30.3 Å². The van der Waals surface area contributed by atoms with Crippen LogP contribution in [0.1, 0.15) is 59.5 Å². The first-order valence-electron chi connectivity index (χ1n) is 10.4. The van der Waals surface area contributed by atoms with Crippen LogP contribution in [0.15, 0.2) is 41.2 Å². The molecule has 1 saturated heterocycles. The Kier molecular flexibility index (Phi) is 5.67. The van der Waals surface area contributed by atoms with E-state index in [0.717, 1.165) is 59.4 Å². The van der Waals surface area contributed by atoms with Crippen molar-refractivity contribution in [1.29, 1.82) is 0 Å². The van der Waals surface area contributed by atoms with Crippen molar-refractivity contribution in [2.75, 3.05) is 13.2 Å². The number of benzene rings is 1. The summed E-state index contributed by atoms with van der Waals surface area (Å²) in [5.74, 6) is -0.0496. The van der Waals surface area contributed by atoms with Gasteiger partial charge in [0.05, 0.1) is 6.61 Å². The van der Waals surface area contributed by atoms with Crippen LogP contribution in [-0.4, -0.2) is 29.3 Å². The summed E-state index contributed by atoms with van der Waals surface area (Å²) in [6.45, 7) is 3.47. The fourth-order valence-corrected chi connectivity index (χ4v) is 4.00. The van der Waals surface area contributed by atoms with Gasteiger partial charge in [0.1, 0.15) is 0 Å². The number of carboxylic acids is 1. The van der Waals surface area contributed by atoms with Crippen LogP contribution < -0.4 is 5.56 Å². The molecule has 0 unspecified atom stereocenters. The molecule has 4 rings (SSSR count). The molecule has 2 aliphatic rings. The number of aromatic amines is 1. The molecule has 1 aliphatic heterocycles. The maximum absolute atomic E-state index is 12.6. The summed E-state index contributed by atoms with van der Waals surface area (Å²) in [5, 5.41) is 8.95. The lowest BCUT2D eigenvalue weighted by Gasteiger charge is -2.14. The summed E-state index contributed by atoms with van der Waals surface area (Å²) < 4.78 is 5.54. The molecule has 152 valence electrons. The number of carbonyl (C=O) groups is 1. The molecule has 1 aliphatic carbocycles. The Labute approximate surface area is 170 Å². The number of aliphatic carboxylic acids is 1. The van der Waals surface area contributed by atoms with Crippen molar-refractivity contribution < 1.29 is 14.6 Å². The minimum Gasteiger partial charge on any atom is -0.481 e. The highest BCUT2D eigenvalue weighted by molar-refractivity contribution is 5.78. The van der Waals surface area contributed by atoms with Gasteiger partial charge in [0.15, 0.2) is 0 Å². The van der Waals surface area contributed by atoms with Crippen LogP contribution in [0.25, 0.3) is 5.57 Å². The third kappa shape index (κ3) is 4.67. The average Bonchev–Trinajstić information content (AvgIpc) is 3.40. The molecule has 29 heavy (non-hydrogen) atoms. The summed E-state index contributed by atoms with van der Waals surface area (Å²) in [6.07, 6.45) is 6.02. The van der Waals surface area contributed by atoms with Crippen LogP contribution in [0.2, 0.25) is 0 Å². The number of pyridine rings is 1. The lowest BCUT2D eigenvalue weighted by molar-refractivity contribution is -0.136. The quantitative estimate of drug-likeness (QED) is 0.744. The molecule has 2 heterocycles. The summed E-state index contributed by atoms with van der Waals surface area (Å²) >= 11 is 0. The highest BCUT2D eigenvalue weighted by Gasteiger charge is 2.26. The van der Waals surface area contributed by atoms with Crippen molar-refractivity contribution in [2.45, 2.75) is 44.9 Å². The molecule has 5 nitrogen and oxygen atoms in total. The van der Waals surface area contributed by atoms with E-state index in [0.29, 0.717) is 24.9 Å². The van der Waals surface area contributed by atoms with E-state index in [1.807, 2.05) is 31.2 Å². The minimum absolute atomic E-state index is 0.00775. The van der Waals surface area contributed by atoms with Gasteiger partial charge in [0.2, 0.25) is 0 Å². The first-order chi connectivity index (χ1) is 14.0. The zero-order valence-corrected chi connectivity index (χ0v) is 16.7. The molecule has 0 amide bonds. The molecule has 2 fully saturated rings. The monoisotopic (exact) mass is 393 g/mol. The maximum atomic E-state index is 12.6. The van der Waals surface area contributed by atoms with Gasteiger partial charge in [-0.3, -0.25) is 9.59 Å². The lowest BCUT2D eigenvalue weighted by atomic mass is 9.92. The lowest BCUT2D eigenvalue weighted by Crippen LogP contribution is -2.14. The van der Waals surface area contributed by atoms with Crippen LogP contribution >= 0.6 is 0 Å². The number of hydrogen-bond donors (Lipinski definition) is 2. The summed E-state index contributed by atoms with van der Waals surface area (Å²) in [6, 6.07) is 10.1. The van der Waals surface area contributed by atoms with E-state index < -0.39 is 5.97 Å². The maximum Gasteiger partial charge on any atom is 0.303 e. The van der Waals surface area contributed by atoms with Crippen molar-refractivity contribution >= 4 is 11.5 Å². The Morgan fingerprint density at radius 3 is 2.69 bits per heavy atom. The third-order valence-corrected chi connectivity index (χ3v) is 5.88. The minimum atomic E-state index is -0.788. The SMILES string of the molecule is Cc1cc(/C(=C\[C@H]2CCOC2)c2ccc(C3CC3)c(=O)[nH]2)ccc1CCC(=O)O. The van der Waals surface area contributed by atoms with Gasteiger partial charge < -0.3 is 14.8 Å². The number of rotatable bonds is 7. The predicted molar refractivity (Wildman–Crippen MR) is 112 cm³/mol.